The fourth-order valence-corrected chi connectivity index (χ4v) is 2.57. The predicted octanol–water partition coefficient (Wildman–Crippen LogP) is 1.63. The summed E-state index contributed by atoms with van der Waals surface area (Å²) < 4.78 is 2.23. The van der Waals surface area contributed by atoms with Crippen LogP contribution < -0.4 is 5.73 Å². The summed E-state index contributed by atoms with van der Waals surface area (Å²) in [7, 11) is 2.20. The van der Waals surface area contributed by atoms with Crippen molar-refractivity contribution in [3.05, 3.63) is 18.2 Å². The minimum Gasteiger partial charge on any atom is -0.333 e. The van der Waals surface area contributed by atoms with Gasteiger partial charge in [-0.2, -0.15) is 0 Å². The monoisotopic (exact) mass is 236 g/mol. The minimum atomic E-state index is 0.0624. The van der Waals surface area contributed by atoms with Crippen LogP contribution in [0.15, 0.2) is 12.5 Å². The highest BCUT2D eigenvalue weighted by Crippen LogP contribution is 2.32. The second kappa shape index (κ2) is 4.78. The van der Waals surface area contributed by atoms with Crippen LogP contribution in [0, 0.1) is 5.41 Å². The highest BCUT2D eigenvalue weighted by Gasteiger charge is 2.29. The summed E-state index contributed by atoms with van der Waals surface area (Å²) in [4.78, 5) is 6.63. The summed E-state index contributed by atoms with van der Waals surface area (Å²) in [5.41, 5.74) is 7.49. The average molecular weight is 236 g/mol. The lowest BCUT2D eigenvalue weighted by Crippen LogP contribution is -2.38. The summed E-state index contributed by atoms with van der Waals surface area (Å²) >= 11 is 0. The molecule has 1 aliphatic rings. The van der Waals surface area contributed by atoms with Crippen molar-refractivity contribution in [2.75, 3.05) is 20.1 Å². The summed E-state index contributed by atoms with van der Waals surface area (Å²) in [6.45, 7) is 7.82. The van der Waals surface area contributed by atoms with Crippen LogP contribution in [-0.2, 0) is 6.54 Å². The zero-order chi connectivity index (χ0) is 12.5. The van der Waals surface area contributed by atoms with Crippen molar-refractivity contribution in [1.82, 2.24) is 14.5 Å². The van der Waals surface area contributed by atoms with E-state index < -0.39 is 0 Å². The molecule has 1 atom stereocenters. The molecular formula is C13H24N4. The summed E-state index contributed by atoms with van der Waals surface area (Å²) in [5, 5.41) is 0. The van der Waals surface area contributed by atoms with Gasteiger partial charge in [0.2, 0.25) is 0 Å². The number of hydrogen-bond acceptors (Lipinski definition) is 3. The van der Waals surface area contributed by atoms with Crippen LogP contribution in [0.25, 0.3) is 0 Å². The molecule has 0 aromatic carbocycles. The highest BCUT2D eigenvalue weighted by molar-refractivity contribution is 5.04. The maximum absolute atomic E-state index is 5.96. The Morgan fingerprint density at radius 2 is 2.12 bits per heavy atom. The Bertz CT molecular complexity index is 361. The molecule has 2 heterocycles. The number of hydrogen-bond donors (Lipinski definition) is 1. The Labute approximate surface area is 104 Å². The molecule has 1 aromatic rings. The molecule has 1 saturated heterocycles. The zero-order valence-electron chi connectivity index (χ0n) is 11.2. The van der Waals surface area contributed by atoms with Crippen molar-refractivity contribution in [2.45, 2.75) is 39.3 Å². The molecule has 0 spiro atoms. The fourth-order valence-electron chi connectivity index (χ4n) is 2.57. The molecular weight excluding hydrogens is 212 g/mol. The molecule has 0 amide bonds. The van der Waals surface area contributed by atoms with Gasteiger partial charge in [0, 0.05) is 18.8 Å². The maximum atomic E-state index is 5.96. The van der Waals surface area contributed by atoms with Crippen molar-refractivity contribution >= 4 is 0 Å². The highest BCUT2D eigenvalue weighted by atomic mass is 15.1. The first-order chi connectivity index (χ1) is 8.00. The number of nitrogens with zero attached hydrogens (tertiary/aromatic N) is 3. The molecule has 1 aliphatic heterocycles. The number of nitrogens with two attached hydrogens (primary N) is 1. The van der Waals surface area contributed by atoms with Crippen molar-refractivity contribution in [3.63, 3.8) is 0 Å². The van der Waals surface area contributed by atoms with Gasteiger partial charge in [-0.15, -0.1) is 0 Å². The molecule has 0 bridgehead atoms. The second-order valence-electron chi connectivity index (χ2n) is 5.85. The molecule has 2 rings (SSSR count). The van der Waals surface area contributed by atoms with Gasteiger partial charge in [0.05, 0.1) is 12.0 Å². The third-order valence-corrected chi connectivity index (χ3v) is 3.96. The van der Waals surface area contributed by atoms with Gasteiger partial charge in [-0.1, -0.05) is 6.92 Å². The second-order valence-corrected chi connectivity index (χ2v) is 5.85. The van der Waals surface area contributed by atoms with Gasteiger partial charge in [0.15, 0.2) is 0 Å². The predicted molar refractivity (Wildman–Crippen MR) is 69.7 cm³/mol. The third kappa shape index (κ3) is 2.87. The molecule has 0 unspecified atom stereocenters. The van der Waals surface area contributed by atoms with Crippen LogP contribution >= 0.6 is 0 Å². The van der Waals surface area contributed by atoms with Gasteiger partial charge >= 0.3 is 0 Å². The topological polar surface area (TPSA) is 47.1 Å². The first kappa shape index (κ1) is 12.6. The molecule has 96 valence electrons. The van der Waals surface area contributed by atoms with E-state index in [1.807, 2.05) is 19.4 Å². The van der Waals surface area contributed by atoms with E-state index in [2.05, 4.69) is 28.4 Å². The van der Waals surface area contributed by atoms with E-state index in [-0.39, 0.29) is 6.04 Å². The molecule has 1 fully saturated rings. The molecule has 0 radical (unpaired) electrons. The molecule has 2 N–H and O–H groups in total. The van der Waals surface area contributed by atoms with E-state index >= 15 is 0 Å². The fraction of sp³-hybridized carbons (Fsp3) is 0.769. The average Bonchev–Trinajstić information content (AvgIpc) is 2.71. The van der Waals surface area contributed by atoms with E-state index in [4.69, 9.17) is 5.73 Å². The Balaban J connectivity index is 2.07. The van der Waals surface area contributed by atoms with Crippen molar-refractivity contribution in [1.29, 1.82) is 0 Å². The SMILES string of the molecule is C[C@@H](N)c1cncn1CC1(C)CCN(C)CC1. The van der Waals surface area contributed by atoms with E-state index in [0.717, 1.165) is 12.2 Å². The summed E-state index contributed by atoms with van der Waals surface area (Å²) in [6.07, 6.45) is 6.31. The number of likely N-dealkylation sites (tertiary alicyclic amines) is 1. The normalized spacial score (nSPS) is 22.6. The molecule has 0 saturated carbocycles. The zero-order valence-corrected chi connectivity index (χ0v) is 11.2. The van der Waals surface area contributed by atoms with Crippen molar-refractivity contribution in [3.8, 4) is 0 Å². The molecule has 1 aromatic heterocycles. The van der Waals surface area contributed by atoms with Gasteiger partial charge in [-0.3, -0.25) is 0 Å². The largest absolute Gasteiger partial charge is 0.333 e. The standard InChI is InChI=1S/C13H24N4/c1-11(14)12-8-15-10-17(12)9-13(2)4-6-16(3)7-5-13/h8,10-11H,4-7,9,14H2,1-3H3/t11-/m1/s1. The van der Waals surface area contributed by atoms with E-state index in [1.54, 1.807) is 0 Å². The molecule has 4 nitrogen and oxygen atoms in total. The summed E-state index contributed by atoms with van der Waals surface area (Å²) in [5.74, 6) is 0. The van der Waals surface area contributed by atoms with Gasteiger partial charge in [-0.25, -0.2) is 4.98 Å². The molecule has 0 aliphatic carbocycles. The van der Waals surface area contributed by atoms with E-state index in [0.29, 0.717) is 5.41 Å². The summed E-state index contributed by atoms with van der Waals surface area (Å²) in [6, 6.07) is 0.0624. The lowest BCUT2D eigenvalue weighted by atomic mass is 9.80. The Hall–Kier alpha value is -0.870. The Kier molecular flexibility index (Phi) is 3.54. The van der Waals surface area contributed by atoms with Crippen LogP contribution in [0.1, 0.15) is 38.4 Å². The smallest absolute Gasteiger partial charge is 0.0948 e. The first-order valence-corrected chi connectivity index (χ1v) is 6.44. The Morgan fingerprint density at radius 3 is 2.71 bits per heavy atom. The minimum absolute atomic E-state index is 0.0624. The van der Waals surface area contributed by atoms with Crippen LogP contribution in [0.5, 0.6) is 0 Å². The van der Waals surface area contributed by atoms with Crippen molar-refractivity contribution in [2.24, 2.45) is 11.1 Å². The van der Waals surface area contributed by atoms with Gasteiger partial charge in [-0.05, 0) is 45.3 Å². The van der Waals surface area contributed by atoms with Crippen molar-refractivity contribution < 1.29 is 0 Å². The van der Waals surface area contributed by atoms with Crippen LogP contribution in [0.4, 0.5) is 0 Å². The quantitative estimate of drug-likeness (QED) is 0.868. The number of rotatable bonds is 3. The maximum Gasteiger partial charge on any atom is 0.0948 e. The van der Waals surface area contributed by atoms with Gasteiger partial charge in [0.25, 0.3) is 0 Å². The van der Waals surface area contributed by atoms with E-state index in [1.165, 1.54) is 25.9 Å². The van der Waals surface area contributed by atoms with Crippen LogP contribution in [-0.4, -0.2) is 34.6 Å². The van der Waals surface area contributed by atoms with Gasteiger partial charge in [0.1, 0.15) is 0 Å². The third-order valence-electron chi connectivity index (χ3n) is 3.96. The van der Waals surface area contributed by atoms with Gasteiger partial charge < -0.3 is 15.2 Å². The lowest BCUT2D eigenvalue weighted by molar-refractivity contribution is 0.119. The van der Waals surface area contributed by atoms with Crippen LogP contribution in [0.2, 0.25) is 0 Å². The number of aromatic nitrogens is 2. The van der Waals surface area contributed by atoms with Crippen LogP contribution in [0.3, 0.4) is 0 Å². The molecule has 4 heteroatoms. The lowest BCUT2D eigenvalue weighted by Gasteiger charge is -2.38. The molecule has 17 heavy (non-hydrogen) atoms. The van der Waals surface area contributed by atoms with E-state index in [9.17, 15) is 0 Å². The first-order valence-electron chi connectivity index (χ1n) is 6.44. The Morgan fingerprint density at radius 1 is 1.47 bits per heavy atom. The number of piperidine rings is 1. The number of imidazole rings is 1.